The third-order valence-corrected chi connectivity index (χ3v) is 3.80. The molecule has 2 aromatic rings. The zero-order chi connectivity index (χ0) is 17.9. The van der Waals surface area contributed by atoms with Crippen molar-refractivity contribution in [2.45, 2.75) is 25.8 Å². The Balaban J connectivity index is 1.56. The first-order valence-corrected chi connectivity index (χ1v) is 8.43. The molecule has 0 radical (unpaired) electrons. The molecule has 0 bridgehead atoms. The third kappa shape index (κ3) is 6.85. The second-order valence-corrected chi connectivity index (χ2v) is 5.73. The predicted molar refractivity (Wildman–Crippen MR) is 96.7 cm³/mol. The number of carbonyl (C=O) groups is 1. The molecule has 5 heteroatoms. The Hall–Kier alpha value is -2.53. The van der Waals surface area contributed by atoms with Gasteiger partial charge in [-0.25, -0.2) is 0 Å². The molecule has 0 aliphatic rings. The molecule has 0 saturated heterocycles. The lowest BCUT2D eigenvalue weighted by Gasteiger charge is -2.08. The molecule has 0 heterocycles. The SMILES string of the molecule is COc1cc(CNC(=O)CCCOCCc2ccccc2)ccc1O. The van der Waals surface area contributed by atoms with E-state index in [1.165, 1.54) is 12.7 Å². The fourth-order valence-corrected chi connectivity index (χ4v) is 2.39. The van der Waals surface area contributed by atoms with E-state index in [0.717, 1.165) is 12.0 Å². The summed E-state index contributed by atoms with van der Waals surface area (Å²) in [5.74, 6) is 0.475. The number of phenolic OH excluding ortho intramolecular Hbond substituents is 1. The highest BCUT2D eigenvalue weighted by Gasteiger charge is 2.05. The number of rotatable bonds is 10. The van der Waals surface area contributed by atoms with E-state index < -0.39 is 0 Å². The van der Waals surface area contributed by atoms with Crippen molar-refractivity contribution < 1.29 is 19.4 Å². The minimum atomic E-state index is -0.0151. The highest BCUT2D eigenvalue weighted by Crippen LogP contribution is 2.26. The molecule has 25 heavy (non-hydrogen) atoms. The average molecular weight is 343 g/mol. The van der Waals surface area contributed by atoms with Crippen molar-refractivity contribution in [2.75, 3.05) is 20.3 Å². The molecule has 0 aliphatic heterocycles. The highest BCUT2D eigenvalue weighted by atomic mass is 16.5. The average Bonchev–Trinajstić information content (AvgIpc) is 2.64. The van der Waals surface area contributed by atoms with Gasteiger partial charge in [-0.1, -0.05) is 36.4 Å². The fourth-order valence-electron chi connectivity index (χ4n) is 2.39. The van der Waals surface area contributed by atoms with Crippen LogP contribution in [-0.4, -0.2) is 31.3 Å². The van der Waals surface area contributed by atoms with E-state index in [0.29, 0.717) is 38.3 Å². The van der Waals surface area contributed by atoms with Crippen LogP contribution < -0.4 is 10.1 Å². The monoisotopic (exact) mass is 343 g/mol. The molecule has 0 aromatic heterocycles. The van der Waals surface area contributed by atoms with E-state index in [1.807, 2.05) is 18.2 Å². The van der Waals surface area contributed by atoms with Crippen molar-refractivity contribution in [2.24, 2.45) is 0 Å². The Labute approximate surface area is 148 Å². The fraction of sp³-hybridized carbons (Fsp3) is 0.350. The summed E-state index contributed by atoms with van der Waals surface area (Å²) in [5, 5.41) is 12.4. The quantitative estimate of drug-likeness (QED) is 0.651. The Morgan fingerprint density at radius 1 is 1.08 bits per heavy atom. The number of phenols is 1. The predicted octanol–water partition coefficient (Wildman–Crippen LogP) is 3.06. The molecule has 2 N–H and O–H groups in total. The van der Waals surface area contributed by atoms with Crippen LogP contribution in [0.15, 0.2) is 48.5 Å². The number of hydrogen-bond donors (Lipinski definition) is 2. The molecule has 0 unspecified atom stereocenters. The number of methoxy groups -OCH3 is 1. The lowest BCUT2D eigenvalue weighted by molar-refractivity contribution is -0.121. The van der Waals surface area contributed by atoms with Crippen LogP contribution in [0.1, 0.15) is 24.0 Å². The first-order chi connectivity index (χ1) is 12.2. The maximum atomic E-state index is 11.8. The molecule has 0 fully saturated rings. The van der Waals surface area contributed by atoms with Gasteiger partial charge in [0.1, 0.15) is 0 Å². The summed E-state index contributed by atoms with van der Waals surface area (Å²) in [4.78, 5) is 11.8. The Morgan fingerprint density at radius 2 is 1.88 bits per heavy atom. The second kappa shape index (κ2) is 10.4. The van der Waals surface area contributed by atoms with Crippen LogP contribution in [0.5, 0.6) is 11.5 Å². The Kier molecular flexibility index (Phi) is 7.79. The van der Waals surface area contributed by atoms with Gasteiger partial charge in [-0.05, 0) is 36.1 Å². The number of benzene rings is 2. The Bertz CT molecular complexity index is 658. The summed E-state index contributed by atoms with van der Waals surface area (Å²) < 4.78 is 10.6. The highest BCUT2D eigenvalue weighted by molar-refractivity contribution is 5.75. The zero-order valence-electron chi connectivity index (χ0n) is 14.5. The van der Waals surface area contributed by atoms with Crippen LogP contribution in [0.2, 0.25) is 0 Å². The minimum absolute atomic E-state index is 0.0151. The topological polar surface area (TPSA) is 67.8 Å². The molecule has 134 valence electrons. The van der Waals surface area contributed by atoms with Crippen LogP contribution in [0.25, 0.3) is 0 Å². The van der Waals surface area contributed by atoms with Crippen LogP contribution in [-0.2, 0) is 22.5 Å². The third-order valence-electron chi connectivity index (χ3n) is 3.80. The molecule has 1 amide bonds. The first-order valence-electron chi connectivity index (χ1n) is 8.43. The number of ether oxygens (including phenoxy) is 2. The zero-order valence-corrected chi connectivity index (χ0v) is 14.5. The van der Waals surface area contributed by atoms with Gasteiger partial charge < -0.3 is 19.9 Å². The van der Waals surface area contributed by atoms with E-state index in [1.54, 1.807) is 18.2 Å². The molecule has 0 spiro atoms. The Morgan fingerprint density at radius 3 is 2.64 bits per heavy atom. The molecule has 5 nitrogen and oxygen atoms in total. The normalized spacial score (nSPS) is 10.4. The lowest BCUT2D eigenvalue weighted by atomic mass is 10.2. The van der Waals surface area contributed by atoms with Crippen molar-refractivity contribution in [3.8, 4) is 11.5 Å². The van der Waals surface area contributed by atoms with Crippen LogP contribution in [0, 0.1) is 0 Å². The van der Waals surface area contributed by atoms with E-state index >= 15 is 0 Å². The summed E-state index contributed by atoms with van der Waals surface area (Å²) in [5.41, 5.74) is 2.13. The van der Waals surface area contributed by atoms with Crippen molar-refractivity contribution in [1.29, 1.82) is 0 Å². The van der Waals surface area contributed by atoms with Gasteiger partial charge in [0.25, 0.3) is 0 Å². The van der Waals surface area contributed by atoms with Crippen molar-refractivity contribution in [1.82, 2.24) is 5.32 Å². The maximum absolute atomic E-state index is 11.8. The number of carbonyl (C=O) groups excluding carboxylic acids is 1. The van der Waals surface area contributed by atoms with Crippen molar-refractivity contribution in [3.63, 3.8) is 0 Å². The summed E-state index contributed by atoms with van der Waals surface area (Å²) in [6, 6.07) is 15.2. The number of aromatic hydroxyl groups is 1. The molecule has 0 atom stereocenters. The summed E-state index contributed by atoms with van der Waals surface area (Å²) in [6.45, 7) is 1.65. The molecule has 2 rings (SSSR count). The molecule has 0 saturated carbocycles. The molecular formula is C20H25NO4. The number of nitrogens with one attached hydrogen (secondary N) is 1. The summed E-state index contributed by atoms with van der Waals surface area (Å²) in [6.07, 6.45) is 2.01. The van der Waals surface area contributed by atoms with Gasteiger partial charge >= 0.3 is 0 Å². The molecule has 2 aromatic carbocycles. The lowest BCUT2D eigenvalue weighted by Crippen LogP contribution is -2.22. The van der Waals surface area contributed by atoms with E-state index in [9.17, 15) is 9.90 Å². The maximum Gasteiger partial charge on any atom is 0.220 e. The van der Waals surface area contributed by atoms with E-state index in [2.05, 4.69) is 17.4 Å². The standard InChI is InChI=1S/C20H25NO4/c1-24-19-14-17(9-10-18(19)22)15-21-20(23)8-5-12-25-13-11-16-6-3-2-4-7-16/h2-4,6-7,9-10,14,22H,5,8,11-13,15H2,1H3,(H,21,23). The summed E-state index contributed by atoms with van der Waals surface area (Å²) >= 11 is 0. The largest absolute Gasteiger partial charge is 0.504 e. The molecular weight excluding hydrogens is 318 g/mol. The van der Waals surface area contributed by atoms with Crippen molar-refractivity contribution in [3.05, 3.63) is 59.7 Å². The van der Waals surface area contributed by atoms with Gasteiger partial charge in [0, 0.05) is 19.6 Å². The minimum Gasteiger partial charge on any atom is -0.504 e. The number of hydrogen-bond acceptors (Lipinski definition) is 4. The van der Waals surface area contributed by atoms with Gasteiger partial charge in [0.2, 0.25) is 5.91 Å². The van der Waals surface area contributed by atoms with Crippen molar-refractivity contribution >= 4 is 5.91 Å². The second-order valence-electron chi connectivity index (χ2n) is 5.73. The first kappa shape index (κ1) is 18.8. The van der Waals surface area contributed by atoms with Crippen LogP contribution in [0.4, 0.5) is 0 Å². The van der Waals surface area contributed by atoms with Gasteiger partial charge in [0.05, 0.1) is 13.7 Å². The van der Waals surface area contributed by atoms with Crippen LogP contribution >= 0.6 is 0 Å². The molecule has 0 aliphatic carbocycles. The van der Waals surface area contributed by atoms with Gasteiger partial charge in [0.15, 0.2) is 11.5 Å². The van der Waals surface area contributed by atoms with Gasteiger partial charge in [-0.3, -0.25) is 4.79 Å². The van der Waals surface area contributed by atoms with Gasteiger partial charge in [-0.2, -0.15) is 0 Å². The van der Waals surface area contributed by atoms with E-state index in [-0.39, 0.29) is 11.7 Å². The smallest absolute Gasteiger partial charge is 0.220 e. The van der Waals surface area contributed by atoms with Gasteiger partial charge in [-0.15, -0.1) is 0 Å². The summed E-state index contributed by atoms with van der Waals surface area (Å²) in [7, 11) is 1.50. The van der Waals surface area contributed by atoms with E-state index in [4.69, 9.17) is 9.47 Å². The van der Waals surface area contributed by atoms with Crippen LogP contribution in [0.3, 0.4) is 0 Å². The number of amides is 1.